The molecule has 2 rings (SSSR count). The molecule has 8 heteroatoms. The molecule has 0 radical (unpaired) electrons. The number of nitrogens with two attached hydrogens (primary N) is 1. The predicted molar refractivity (Wildman–Crippen MR) is 79.0 cm³/mol. The molecule has 1 saturated heterocycles. The summed E-state index contributed by atoms with van der Waals surface area (Å²) in [5, 5.41) is 0. The molecular weight excluding hydrogens is 304 g/mol. The summed E-state index contributed by atoms with van der Waals surface area (Å²) in [6.45, 7) is 4.47. The molecule has 1 aromatic rings. The Kier molecular flexibility index (Phi) is 4.26. The first kappa shape index (κ1) is 14.9. The lowest BCUT2D eigenvalue weighted by Crippen LogP contribution is -2.47. The first-order chi connectivity index (χ1) is 8.80. The van der Waals surface area contributed by atoms with Crippen LogP contribution in [0, 0.1) is 0 Å². The van der Waals surface area contributed by atoms with Gasteiger partial charge >= 0.3 is 0 Å². The van der Waals surface area contributed by atoms with E-state index < -0.39 is 10.0 Å². The maximum Gasteiger partial charge on any atom is 0.252 e. The molecule has 106 valence electrons. The highest BCUT2D eigenvalue weighted by Gasteiger charge is 2.33. The molecule has 5 nitrogen and oxygen atoms in total. The molecule has 1 aliphatic rings. The number of thiocarbonyl (C=S) groups is 1. The number of hydrogen-bond acceptors (Lipinski definition) is 5. The van der Waals surface area contributed by atoms with Gasteiger partial charge in [0.1, 0.15) is 9.20 Å². The van der Waals surface area contributed by atoms with Crippen LogP contribution >= 0.6 is 23.6 Å². The summed E-state index contributed by atoms with van der Waals surface area (Å²) in [6, 6.07) is 3.20. The summed E-state index contributed by atoms with van der Waals surface area (Å²) < 4.78 is 32.3. The van der Waals surface area contributed by atoms with E-state index in [1.54, 1.807) is 12.1 Å². The van der Waals surface area contributed by atoms with Crippen LogP contribution in [0.5, 0.6) is 0 Å². The van der Waals surface area contributed by atoms with Gasteiger partial charge in [-0.1, -0.05) is 12.2 Å². The van der Waals surface area contributed by atoms with Crippen molar-refractivity contribution in [1.29, 1.82) is 0 Å². The largest absolute Gasteiger partial charge is 0.389 e. The molecular formula is C11H16N2O3S3. The molecule has 2 atom stereocenters. The van der Waals surface area contributed by atoms with E-state index >= 15 is 0 Å². The van der Waals surface area contributed by atoms with Gasteiger partial charge in [-0.05, 0) is 26.0 Å². The van der Waals surface area contributed by atoms with E-state index in [-0.39, 0.29) is 21.4 Å². The summed E-state index contributed by atoms with van der Waals surface area (Å²) in [5.74, 6) is 0. The topological polar surface area (TPSA) is 72.6 Å². The van der Waals surface area contributed by atoms with E-state index in [9.17, 15) is 8.42 Å². The van der Waals surface area contributed by atoms with Crippen LogP contribution in [0.15, 0.2) is 16.3 Å². The maximum atomic E-state index is 12.5. The number of morpholine rings is 1. The van der Waals surface area contributed by atoms with Crippen LogP contribution in [0.1, 0.15) is 18.7 Å². The van der Waals surface area contributed by atoms with E-state index in [1.165, 1.54) is 4.31 Å². The van der Waals surface area contributed by atoms with Crippen molar-refractivity contribution in [3.8, 4) is 0 Å². The van der Waals surface area contributed by atoms with Gasteiger partial charge in [-0.25, -0.2) is 8.42 Å². The fourth-order valence-electron chi connectivity index (χ4n) is 2.05. The van der Waals surface area contributed by atoms with E-state index in [4.69, 9.17) is 22.7 Å². The van der Waals surface area contributed by atoms with Crippen LogP contribution in [0.3, 0.4) is 0 Å². The van der Waals surface area contributed by atoms with Crippen LogP contribution in [-0.2, 0) is 14.8 Å². The van der Waals surface area contributed by atoms with Crippen molar-refractivity contribution in [3.63, 3.8) is 0 Å². The highest BCUT2D eigenvalue weighted by atomic mass is 32.2. The number of hydrogen-bond donors (Lipinski definition) is 1. The van der Waals surface area contributed by atoms with Gasteiger partial charge in [-0.15, -0.1) is 11.3 Å². The van der Waals surface area contributed by atoms with Crippen molar-refractivity contribution in [2.45, 2.75) is 30.3 Å². The quantitative estimate of drug-likeness (QED) is 0.847. The van der Waals surface area contributed by atoms with Crippen molar-refractivity contribution in [3.05, 3.63) is 17.0 Å². The number of nitrogens with zero attached hydrogens (tertiary/aromatic N) is 1. The predicted octanol–water partition coefficient (Wildman–Crippen LogP) is 1.18. The van der Waals surface area contributed by atoms with Crippen molar-refractivity contribution in [1.82, 2.24) is 4.31 Å². The average Bonchev–Trinajstić information content (AvgIpc) is 2.77. The minimum atomic E-state index is -3.48. The molecule has 0 aromatic carbocycles. The normalized spacial score (nSPS) is 25.4. The van der Waals surface area contributed by atoms with Gasteiger partial charge in [-0.3, -0.25) is 0 Å². The van der Waals surface area contributed by atoms with Crippen LogP contribution in [0.2, 0.25) is 0 Å². The second kappa shape index (κ2) is 5.45. The van der Waals surface area contributed by atoms with Crippen LogP contribution < -0.4 is 5.73 Å². The van der Waals surface area contributed by atoms with Gasteiger partial charge in [0.05, 0.1) is 17.1 Å². The summed E-state index contributed by atoms with van der Waals surface area (Å²) >= 11 is 5.96. The Morgan fingerprint density at radius 3 is 2.47 bits per heavy atom. The molecule has 2 unspecified atom stereocenters. The summed E-state index contributed by atoms with van der Waals surface area (Å²) in [5.41, 5.74) is 5.51. The third kappa shape index (κ3) is 3.14. The standard InChI is InChI=1S/C11H16N2O3S3/c1-7-5-13(6-8(2)16-7)19(14,15)10-4-3-9(18-10)11(12)17/h3-4,7-8H,5-6H2,1-2H3,(H2,12,17). The molecule has 0 amide bonds. The third-order valence-electron chi connectivity index (χ3n) is 2.80. The Hall–Kier alpha value is -0.540. The first-order valence-electron chi connectivity index (χ1n) is 5.86. The SMILES string of the molecule is CC1CN(S(=O)(=O)c2ccc(C(N)=S)s2)CC(C)O1. The first-order valence-corrected chi connectivity index (χ1v) is 8.52. The second-order valence-electron chi connectivity index (χ2n) is 4.56. The van der Waals surface area contributed by atoms with E-state index in [2.05, 4.69) is 0 Å². The minimum Gasteiger partial charge on any atom is -0.389 e. The summed E-state index contributed by atoms with van der Waals surface area (Å²) in [4.78, 5) is 0.832. The van der Waals surface area contributed by atoms with Crippen LogP contribution in [0.4, 0.5) is 0 Å². The summed E-state index contributed by atoms with van der Waals surface area (Å²) in [6.07, 6.45) is -0.206. The Morgan fingerprint density at radius 1 is 1.42 bits per heavy atom. The number of rotatable bonds is 3. The van der Waals surface area contributed by atoms with Gasteiger partial charge in [0.15, 0.2) is 0 Å². The monoisotopic (exact) mass is 320 g/mol. The zero-order chi connectivity index (χ0) is 14.2. The van der Waals surface area contributed by atoms with Crippen molar-refractivity contribution in [2.24, 2.45) is 5.73 Å². The molecule has 1 fully saturated rings. The molecule has 1 aromatic heterocycles. The highest BCUT2D eigenvalue weighted by Crippen LogP contribution is 2.27. The average molecular weight is 320 g/mol. The number of ether oxygens (including phenoxy) is 1. The van der Waals surface area contributed by atoms with Gasteiger partial charge in [0.25, 0.3) is 10.0 Å². The molecule has 0 bridgehead atoms. The van der Waals surface area contributed by atoms with Crippen molar-refractivity contribution < 1.29 is 13.2 Å². The minimum absolute atomic E-state index is 0.103. The lowest BCUT2D eigenvalue weighted by molar-refractivity contribution is -0.0440. The lowest BCUT2D eigenvalue weighted by Gasteiger charge is -2.34. The molecule has 0 spiro atoms. The van der Waals surface area contributed by atoms with E-state index in [0.29, 0.717) is 18.0 Å². The molecule has 19 heavy (non-hydrogen) atoms. The Balaban J connectivity index is 2.28. The van der Waals surface area contributed by atoms with Gasteiger partial charge < -0.3 is 10.5 Å². The van der Waals surface area contributed by atoms with Crippen LogP contribution in [-0.4, -0.2) is 43.0 Å². The van der Waals surface area contributed by atoms with Crippen molar-refractivity contribution in [2.75, 3.05) is 13.1 Å². The van der Waals surface area contributed by atoms with Gasteiger partial charge in [0.2, 0.25) is 0 Å². The molecule has 0 aliphatic carbocycles. The Labute approximate surface area is 122 Å². The van der Waals surface area contributed by atoms with Gasteiger partial charge in [0, 0.05) is 13.1 Å². The van der Waals surface area contributed by atoms with Crippen LogP contribution in [0.25, 0.3) is 0 Å². The number of sulfonamides is 1. The van der Waals surface area contributed by atoms with E-state index in [1.807, 2.05) is 13.8 Å². The zero-order valence-corrected chi connectivity index (χ0v) is 13.1. The number of thiophene rings is 1. The lowest BCUT2D eigenvalue weighted by atomic mass is 10.3. The molecule has 1 aliphatic heterocycles. The summed E-state index contributed by atoms with van der Waals surface area (Å²) in [7, 11) is -3.48. The molecule has 2 N–H and O–H groups in total. The highest BCUT2D eigenvalue weighted by molar-refractivity contribution is 7.91. The zero-order valence-electron chi connectivity index (χ0n) is 10.7. The smallest absolute Gasteiger partial charge is 0.252 e. The fraction of sp³-hybridized carbons (Fsp3) is 0.545. The molecule has 0 saturated carbocycles. The third-order valence-corrected chi connectivity index (χ3v) is 6.57. The molecule has 2 heterocycles. The van der Waals surface area contributed by atoms with Crippen molar-refractivity contribution >= 4 is 38.6 Å². The van der Waals surface area contributed by atoms with Gasteiger partial charge in [-0.2, -0.15) is 4.31 Å². The fourth-order valence-corrected chi connectivity index (χ4v) is 5.14. The second-order valence-corrected chi connectivity index (χ2v) is 8.25. The van der Waals surface area contributed by atoms with E-state index in [0.717, 1.165) is 11.3 Å². The Bertz CT molecular complexity index is 572. The Morgan fingerprint density at radius 2 is 2.00 bits per heavy atom. The maximum absolute atomic E-state index is 12.5.